The van der Waals surface area contributed by atoms with E-state index >= 15 is 0 Å². The molecule has 0 amide bonds. The molecule has 21 heavy (non-hydrogen) atoms. The number of hydrogen-bond donors (Lipinski definition) is 2. The number of benzene rings is 1. The first kappa shape index (κ1) is 20.0. The zero-order valence-electron chi connectivity index (χ0n) is 12.7. The van der Waals surface area contributed by atoms with Gasteiger partial charge in [-0.05, 0) is 25.6 Å². The molecular formula is C13H23ClN2O4S. The monoisotopic (exact) mass is 338 g/mol. The van der Waals surface area contributed by atoms with Crippen molar-refractivity contribution in [3.8, 4) is 11.5 Å². The Labute approximate surface area is 132 Å². The zero-order chi connectivity index (χ0) is 15.2. The van der Waals surface area contributed by atoms with Crippen LogP contribution in [-0.4, -0.2) is 41.8 Å². The van der Waals surface area contributed by atoms with Crippen molar-refractivity contribution in [2.75, 3.05) is 27.3 Å². The summed E-state index contributed by atoms with van der Waals surface area (Å²) in [5.41, 5.74) is 0. The van der Waals surface area contributed by atoms with Gasteiger partial charge in [0.05, 0.1) is 19.1 Å². The Morgan fingerprint density at radius 1 is 1.19 bits per heavy atom. The number of hydrogen-bond acceptors (Lipinski definition) is 5. The maximum absolute atomic E-state index is 12.2. The highest BCUT2D eigenvalue weighted by Gasteiger charge is 2.17. The number of rotatable bonds is 8. The van der Waals surface area contributed by atoms with Crippen LogP contribution in [0.3, 0.4) is 0 Å². The highest BCUT2D eigenvalue weighted by molar-refractivity contribution is 7.89. The first-order valence-electron chi connectivity index (χ1n) is 6.39. The molecule has 0 saturated heterocycles. The molecular weight excluding hydrogens is 316 g/mol. The number of ether oxygens (including phenoxy) is 2. The second-order valence-electron chi connectivity index (χ2n) is 4.33. The van der Waals surface area contributed by atoms with E-state index in [0.29, 0.717) is 18.0 Å². The molecule has 0 spiro atoms. The van der Waals surface area contributed by atoms with Crippen LogP contribution >= 0.6 is 12.4 Å². The molecule has 0 aliphatic heterocycles. The Balaban J connectivity index is 0.00000400. The summed E-state index contributed by atoms with van der Waals surface area (Å²) in [6, 6.07) is 4.57. The SMILES string of the molecule is CCN[C@H](C)CNS(=O)(=O)c1ccc(OC)c(OC)c1.Cl. The molecule has 122 valence electrons. The molecule has 8 heteroatoms. The molecule has 2 N–H and O–H groups in total. The van der Waals surface area contributed by atoms with Gasteiger partial charge in [-0.25, -0.2) is 13.1 Å². The fourth-order valence-electron chi connectivity index (χ4n) is 1.72. The summed E-state index contributed by atoms with van der Waals surface area (Å²) in [7, 11) is -0.587. The normalized spacial score (nSPS) is 12.4. The van der Waals surface area contributed by atoms with E-state index < -0.39 is 10.0 Å². The fraction of sp³-hybridized carbons (Fsp3) is 0.538. The van der Waals surface area contributed by atoms with Gasteiger partial charge < -0.3 is 14.8 Å². The first-order chi connectivity index (χ1) is 9.44. The third kappa shape index (κ3) is 5.70. The van der Waals surface area contributed by atoms with E-state index in [4.69, 9.17) is 9.47 Å². The standard InChI is InChI=1S/C13H22N2O4S.ClH/c1-5-14-10(2)9-15-20(16,17)11-6-7-12(18-3)13(8-11)19-4;/h6-8,10,14-15H,5,9H2,1-4H3;1H/t10-;/m1./s1. The molecule has 0 radical (unpaired) electrons. The summed E-state index contributed by atoms with van der Waals surface area (Å²) in [5.74, 6) is 0.877. The molecule has 0 unspecified atom stereocenters. The second-order valence-corrected chi connectivity index (χ2v) is 6.09. The predicted molar refractivity (Wildman–Crippen MR) is 85.1 cm³/mol. The lowest BCUT2D eigenvalue weighted by Crippen LogP contribution is -2.38. The summed E-state index contributed by atoms with van der Waals surface area (Å²) in [4.78, 5) is 0.152. The molecule has 1 atom stereocenters. The Morgan fingerprint density at radius 3 is 2.33 bits per heavy atom. The van der Waals surface area contributed by atoms with Crippen LogP contribution in [0.2, 0.25) is 0 Å². The van der Waals surface area contributed by atoms with Crippen molar-refractivity contribution in [3.05, 3.63) is 18.2 Å². The highest BCUT2D eigenvalue weighted by Crippen LogP contribution is 2.29. The topological polar surface area (TPSA) is 76.7 Å². The Bertz CT molecular complexity index is 537. The molecule has 0 fully saturated rings. The third-order valence-electron chi connectivity index (χ3n) is 2.80. The minimum absolute atomic E-state index is 0. The van der Waals surface area contributed by atoms with Crippen molar-refractivity contribution in [2.45, 2.75) is 24.8 Å². The van der Waals surface area contributed by atoms with Crippen LogP contribution in [-0.2, 0) is 10.0 Å². The number of halogens is 1. The molecule has 0 aliphatic rings. The number of nitrogens with one attached hydrogen (secondary N) is 2. The van der Waals surface area contributed by atoms with Crippen molar-refractivity contribution in [1.82, 2.24) is 10.0 Å². The van der Waals surface area contributed by atoms with Gasteiger partial charge in [0.1, 0.15) is 0 Å². The summed E-state index contributed by atoms with van der Waals surface area (Å²) in [5, 5.41) is 3.14. The van der Waals surface area contributed by atoms with Crippen molar-refractivity contribution in [1.29, 1.82) is 0 Å². The van der Waals surface area contributed by atoms with Crippen molar-refractivity contribution >= 4 is 22.4 Å². The van der Waals surface area contributed by atoms with E-state index in [1.165, 1.54) is 26.4 Å². The lowest BCUT2D eigenvalue weighted by molar-refractivity contribution is 0.354. The van der Waals surface area contributed by atoms with Crippen molar-refractivity contribution in [3.63, 3.8) is 0 Å². The molecule has 1 rings (SSSR count). The number of methoxy groups -OCH3 is 2. The summed E-state index contributed by atoms with van der Waals surface area (Å²) in [6.45, 7) is 5.00. The average Bonchev–Trinajstić information content (AvgIpc) is 2.44. The van der Waals surface area contributed by atoms with Gasteiger partial charge in [0, 0.05) is 18.7 Å². The maximum Gasteiger partial charge on any atom is 0.240 e. The smallest absolute Gasteiger partial charge is 0.240 e. The number of likely N-dealkylation sites (N-methyl/N-ethyl adjacent to an activating group) is 1. The van der Waals surface area contributed by atoms with Gasteiger partial charge in [0.25, 0.3) is 0 Å². The largest absolute Gasteiger partial charge is 0.493 e. The first-order valence-corrected chi connectivity index (χ1v) is 7.88. The molecule has 0 saturated carbocycles. The predicted octanol–water partition coefficient (Wildman–Crippen LogP) is 1.40. The minimum Gasteiger partial charge on any atom is -0.493 e. The van der Waals surface area contributed by atoms with E-state index in [2.05, 4.69) is 10.0 Å². The van der Waals surface area contributed by atoms with E-state index in [1.54, 1.807) is 6.07 Å². The molecule has 1 aromatic rings. The van der Waals surface area contributed by atoms with E-state index in [0.717, 1.165) is 6.54 Å². The van der Waals surface area contributed by atoms with Crippen LogP contribution in [0.5, 0.6) is 11.5 Å². The average molecular weight is 339 g/mol. The molecule has 6 nitrogen and oxygen atoms in total. The Hall–Kier alpha value is -1.02. The molecule has 0 aromatic heterocycles. The van der Waals surface area contributed by atoms with Crippen LogP contribution in [0.15, 0.2) is 23.1 Å². The van der Waals surface area contributed by atoms with Gasteiger partial charge in [-0.1, -0.05) is 6.92 Å². The summed E-state index contributed by atoms with van der Waals surface area (Å²) >= 11 is 0. The lowest BCUT2D eigenvalue weighted by atomic mass is 10.3. The Kier molecular flexibility index (Phi) is 8.65. The van der Waals surface area contributed by atoms with Crippen molar-refractivity contribution in [2.24, 2.45) is 0 Å². The van der Waals surface area contributed by atoms with E-state index in [-0.39, 0.29) is 23.3 Å². The van der Waals surface area contributed by atoms with Crippen LogP contribution < -0.4 is 19.5 Å². The van der Waals surface area contributed by atoms with Gasteiger partial charge in [-0.2, -0.15) is 0 Å². The minimum atomic E-state index is -3.56. The Morgan fingerprint density at radius 2 is 1.81 bits per heavy atom. The van der Waals surface area contributed by atoms with Crippen LogP contribution in [0.25, 0.3) is 0 Å². The maximum atomic E-state index is 12.2. The molecule has 1 aromatic carbocycles. The quantitative estimate of drug-likeness (QED) is 0.749. The zero-order valence-corrected chi connectivity index (χ0v) is 14.3. The summed E-state index contributed by atoms with van der Waals surface area (Å²) < 4.78 is 37.1. The van der Waals surface area contributed by atoms with Crippen LogP contribution in [0, 0.1) is 0 Å². The third-order valence-corrected chi connectivity index (χ3v) is 4.22. The van der Waals surface area contributed by atoms with Crippen molar-refractivity contribution < 1.29 is 17.9 Å². The van der Waals surface area contributed by atoms with Crippen LogP contribution in [0.4, 0.5) is 0 Å². The van der Waals surface area contributed by atoms with Gasteiger partial charge in [-0.15, -0.1) is 12.4 Å². The van der Waals surface area contributed by atoms with E-state index in [1.807, 2.05) is 13.8 Å². The molecule has 0 heterocycles. The molecule has 0 bridgehead atoms. The summed E-state index contributed by atoms with van der Waals surface area (Å²) in [6.07, 6.45) is 0. The molecule has 0 aliphatic carbocycles. The lowest BCUT2D eigenvalue weighted by Gasteiger charge is -2.14. The number of sulfonamides is 1. The second kappa shape index (κ2) is 9.09. The van der Waals surface area contributed by atoms with Gasteiger partial charge >= 0.3 is 0 Å². The van der Waals surface area contributed by atoms with E-state index in [9.17, 15) is 8.42 Å². The van der Waals surface area contributed by atoms with Gasteiger partial charge in [0.15, 0.2) is 11.5 Å². The van der Waals surface area contributed by atoms with Gasteiger partial charge in [-0.3, -0.25) is 0 Å². The highest BCUT2D eigenvalue weighted by atomic mass is 35.5. The van der Waals surface area contributed by atoms with Gasteiger partial charge in [0.2, 0.25) is 10.0 Å². The van der Waals surface area contributed by atoms with Crippen LogP contribution in [0.1, 0.15) is 13.8 Å². The fourth-order valence-corrected chi connectivity index (χ4v) is 2.87.